The van der Waals surface area contributed by atoms with E-state index >= 15 is 0 Å². The lowest BCUT2D eigenvalue weighted by molar-refractivity contribution is -0.140. The van der Waals surface area contributed by atoms with E-state index in [1.54, 1.807) is 0 Å². The van der Waals surface area contributed by atoms with Crippen LogP contribution in [0.2, 0.25) is 0 Å². The Balaban J connectivity index is 1.38. The molecule has 40 heavy (non-hydrogen) atoms. The zero-order chi connectivity index (χ0) is 28.5. The second-order valence-electron chi connectivity index (χ2n) is 12.6. The van der Waals surface area contributed by atoms with Gasteiger partial charge in [-0.15, -0.1) is 0 Å². The van der Waals surface area contributed by atoms with Crippen molar-refractivity contribution in [3.63, 3.8) is 0 Å². The van der Waals surface area contributed by atoms with Crippen molar-refractivity contribution in [2.75, 3.05) is 37.6 Å². The van der Waals surface area contributed by atoms with Gasteiger partial charge >= 0.3 is 0 Å². The fourth-order valence-electron chi connectivity index (χ4n) is 5.97. The maximum atomic E-state index is 13.8. The van der Waals surface area contributed by atoms with Crippen LogP contribution in [0.25, 0.3) is 0 Å². The molecular weight excluding hydrogens is 494 g/mol. The zero-order valence-electron chi connectivity index (χ0n) is 25.5. The second kappa shape index (κ2) is 14.7. The van der Waals surface area contributed by atoms with Crippen LogP contribution < -0.4 is 9.64 Å². The standard InChI is InChI=1S/C35H51N3O2/c1-27(2)15-20-36-21-17-29(5)25-34(36)35(39)37-22-18-32(19-23-37)38(24-16-28(3)4)31-11-13-33(14-12-31)40-26-30-9-7-6-8-10-30/h6-14,16,27,29,32,34H,15,17-26H2,1-5H3. The number of benzene rings is 2. The van der Waals surface area contributed by atoms with Crippen molar-refractivity contribution < 1.29 is 9.53 Å². The first-order valence-electron chi connectivity index (χ1n) is 15.5. The number of piperidine rings is 2. The number of carbonyl (C=O) groups excluding carboxylic acids is 1. The second-order valence-corrected chi connectivity index (χ2v) is 12.6. The van der Waals surface area contributed by atoms with Gasteiger partial charge in [0.25, 0.3) is 0 Å². The fourth-order valence-corrected chi connectivity index (χ4v) is 5.97. The zero-order valence-corrected chi connectivity index (χ0v) is 25.5. The molecule has 2 unspecified atom stereocenters. The van der Waals surface area contributed by atoms with E-state index in [4.69, 9.17) is 4.74 Å². The van der Waals surface area contributed by atoms with Crippen LogP contribution >= 0.6 is 0 Å². The van der Waals surface area contributed by atoms with Crippen LogP contribution in [0.3, 0.4) is 0 Å². The number of allylic oxidation sites excluding steroid dienone is 1. The quantitative estimate of drug-likeness (QED) is 0.280. The molecule has 5 nitrogen and oxygen atoms in total. The highest BCUT2D eigenvalue weighted by molar-refractivity contribution is 5.82. The molecule has 0 radical (unpaired) electrons. The van der Waals surface area contributed by atoms with E-state index < -0.39 is 0 Å². The number of anilines is 1. The summed E-state index contributed by atoms with van der Waals surface area (Å²) >= 11 is 0. The molecule has 5 heteroatoms. The molecule has 0 bridgehead atoms. The van der Waals surface area contributed by atoms with Gasteiger partial charge in [-0.1, -0.05) is 62.8 Å². The van der Waals surface area contributed by atoms with Crippen LogP contribution in [0.1, 0.15) is 72.3 Å². The summed E-state index contributed by atoms with van der Waals surface area (Å²) in [6.07, 6.45) is 7.69. The van der Waals surface area contributed by atoms with Crippen LogP contribution in [0.4, 0.5) is 5.69 Å². The Bertz CT molecular complexity index is 1070. The van der Waals surface area contributed by atoms with Gasteiger partial charge in [0.05, 0.1) is 6.04 Å². The Labute approximate surface area is 243 Å². The van der Waals surface area contributed by atoms with E-state index in [0.29, 0.717) is 30.4 Å². The van der Waals surface area contributed by atoms with Crippen molar-refractivity contribution in [1.29, 1.82) is 0 Å². The number of ether oxygens (including phenoxy) is 1. The molecule has 218 valence electrons. The molecule has 0 aliphatic carbocycles. The maximum Gasteiger partial charge on any atom is 0.239 e. The molecule has 2 aliphatic heterocycles. The van der Waals surface area contributed by atoms with Crippen molar-refractivity contribution in [2.45, 2.75) is 85.4 Å². The number of carbonyl (C=O) groups is 1. The maximum absolute atomic E-state index is 13.8. The highest BCUT2D eigenvalue weighted by Crippen LogP contribution is 2.29. The third kappa shape index (κ3) is 8.60. The Morgan fingerprint density at radius 2 is 1.70 bits per heavy atom. The number of likely N-dealkylation sites (tertiary alicyclic amines) is 2. The Morgan fingerprint density at radius 1 is 1.00 bits per heavy atom. The lowest BCUT2D eigenvalue weighted by atomic mass is 9.90. The summed E-state index contributed by atoms with van der Waals surface area (Å²) < 4.78 is 6.04. The van der Waals surface area contributed by atoms with Crippen molar-refractivity contribution in [3.8, 4) is 5.75 Å². The van der Waals surface area contributed by atoms with Crippen molar-refractivity contribution in [1.82, 2.24) is 9.80 Å². The van der Waals surface area contributed by atoms with E-state index in [1.165, 1.54) is 23.2 Å². The van der Waals surface area contributed by atoms with Crippen LogP contribution in [0, 0.1) is 11.8 Å². The molecule has 0 aromatic heterocycles. The Kier molecular flexibility index (Phi) is 11.1. The van der Waals surface area contributed by atoms with Gasteiger partial charge in [0.15, 0.2) is 0 Å². The van der Waals surface area contributed by atoms with E-state index in [9.17, 15) is 4.79 Å². The molecule has 2 aromatic rings. The Morgan fingerprint density at radius 3 is 2.35 bits per heavy atom. The van der Waals surface area contributed by atoms with Gasteiger partial charge in [-0.2, -0.15) is 0 Å². The largest absolute Gasteiger partial charge is 0.489 e. The third-order valence-corrected chi connectivity index (χ3v) is 8.58. The molecule has 2 heterocycles. The van der Waals surface area contributed by atoms with Gasteiger partial charge in [-0.05, 0) is 101 Å². The van der Waals surface area contributed by atoms with Crippen LogP contribution in [0.15, 0.2) is 66.2 Å². The summed E-state index contributed by atoms with van der Waals surface area (Å²) in [5.74, 6) is 2.55. The van der Waals surface area contributed by atoms with Crippen molar-refractivity contribution >= 4 is 11.6 Å². The average molecular weight is 546 g/mol. The molecular formula is C35H51N3O2. The van der Waals surface area contributed by atoms with Gasteiger partial charge < -0.3 is 14.5 Å². The van der Waals surface area contributed by atoms with Crippen LogP contribution in [-0.4, -0.2) is 60.5 Å². The average Bonchev–Trinajstić information content (AvgIpc) is 2.96. The number of amides is 1. The number of hydrogen-bond donors (Lipinski definition) is 0. The highest BCUT2D eigenvalue weighted by Gasteiger charge is 2.36. The van der Waals surface area contributed by atoms with E-state index in [2.05, 4.69) is 91.8 Å². The van der Waals surface area contributed by atoms with Gasteiger partial charge in [0, 0.05) is 31.4 Å². The van der Waals surface area contributed by atoms with E-state index in [1.807, 2.05) is 18.2 Å². The fraction of sp³-hybridized carbons (Fsp3) is 0.571. The predicted molar refractivity (Wildman–Crippen MR) is 167 cm³/mol. The molecule has 2 atom stereocenters. The summed E-state index contributed by atoms with van der Waals surface area (Å²) in [5, 5.41) is 0. The van der Waals surface area contributed by atoms with Gasteiger partial charge in [-0.3, -0.25) is 9.69 Å². The summed E-state index contributed by atoms with van der Waals surface area (Å²) in [5.41, 5.74) is 3.72. The minimum atomic E-state index is 0.0595. The molecule has 0 spiro atoms. The summed E-state index contributed by atoms with van der Waals surface area (Å²) in [6, 6.07) is 19.3. The van der Waals surface area contributed by atoms with Gasteiger partial charge in [-0.25, -0.2) is 0 Å². The Hall–Kier alpha value is -2.79. The topological polar surface area (TPSA) is 36.0 Å². The van der Waals surface area contributed by atoms with Crippen molar-refractivity contribution in [3.05, 3.63) is 71.8 Å². The summed E-state index contributed by atoms with van der Waals surface area (Å²) in [6.45, 7) is 16.4. The van der Waals surface area contributed by atoms with E-state index in [0.717, 1.165) is 64.2 Å². The molecule has 2 aliphatic rings. The minimum absolute atomic E-state index is 0.0595. The molecule has 0 N–H and O–H groups in total. The predicted octanol–water partition coefficient (Wildman–Crippen LogP) is 7.18. The number of nitrogens with zero attached hydrogens (tertiary/aromatic N) is 3. The molecule has 2 fully saturated rings. The molecule has 2 aromatic carbocycles. The minimum Gasteiger partial charge on any atom is -0.489 e. The third-order valence-electron chi connectivity index (χ3n) is 8.58. The van der Waals surface area contributed by atoms with E-state index in [-0.39, 0.29) is 6.04 Å². The van der Waals surface area contributed by atoms with Crippen molar-refractivity contribution in [2.24, 2.45) is 11.8 Å². The first-order valence-corrected chi connectivity index (χ1v) is 15.5. The normalized spacial score (nSPS) is 20.4. The smallest absolute Gasteiger partial charge is 0.239 e. The molecule has 1 amide bonds. The van der Waals surface area contributed by atoms with Crippen LogP contribution in [0.5, 0.6) is 5.75 Å². The lowest BCUT2D eigenvalue weighted by Crippen LogP contribution is -2.55. The SMILES string of the molecule is CC(C)=CCN(c1ccc(OCc2ccccc2)cc1)C1CCN(C(=O)C2CC(C)CCN2CCC(C)C)CC1. The number of rotatable bonds is 11. The molecule has 4 rings (SSSR count). The van der Waals surface area contributed by atoms with Gasteiger partial charge in [0.1, 0.15) is 12.4 Å². The first-order chi connectivity index (χ1) is 19.3. The highest BCUT2D eigenvalue weighted by atomic mass is 16.5. The monoisotopic (exact) mass is 545 g/mol. The molecule has 2 saturated heterocycles. The summed E-state index contributed by atoms with van der Waals surface area (Å²) in [4.78, 5) is 20.9. The lowest BCUT2D eigenvalue weighted by Gasteiger charge is -2.43. The first kappa shape index (κ1) is 30.2. The number of hydrogen-bond acceptors (Lipinski definition) is 4. The van der Waals surface area contributed by atoms with Crippen LogP contribution in [-0.2, 0) is 11.4 Å². The van der Waals surface area contributed by atoms with Gasteiger partial charge in [0.2, 0.25) is 5.91 Å². The summed E-state index contributed by atoms with van der Waals surface area (Å²) in [7, 11) is 0. The molecule has 0 saturated carbocycles.